The summed E-state index contributed by atoms with van der Waals surface area (Å²) in [6, 6.07) is 13.3. The molecule has 2 N–H and O–H groups in total. The van der Waals surface area contributed by atoms with Crippen molar-refractivity contribution in [3.05, 3.63) is 53.8 Å². The first-order valence-corrected chi connectivity index (χ1v) is 5.76. The summed E-state index contributed by atoms with van der Waals surface area (Å²) in [4.78, 5) is 0. The lowest BCUT2D eigenvalue weighted by atomic mass is 10.0. The second-order valence-electron chi connectivity index (χ2n) is 3.42. The lowest BCUT2D eigenvalue weighted by molar-refractivity contribution is 0.628. The van der Waals surface area contributed by atoms with E-state index in [-0.39, 0.29) is 5.82 Å². The predicted molar refractivity (Wildman–Crippen MR) is 72.3 cm³/mol. The van der Waals surface area contributed by atoms with Crippen LogP contribution < -0.4 is 5.73 Å². The molecule has 3 heteroatoms. The lowest BCUT2D eigenvalue weighted by Gasteiger charge is -2.04. The summed E-state index contributed by atoms with van der Waals surface area (Å²) in [6.45, 7) is 4.00. The molecule has 0 radical (unpaired) electrons. The van der Waals surface area contributed by atoms with Gasteiger partial charge in [-0.1, -0.05) is 32.0 Å². The molecule has 0 heterocycles. The predicted octanol–water partition coefficient (Wildman–Crippen LogP) is 3.97. The van der Waals surface area contributed by atoms with Crippen molar-refractivity contribution in [2.24, 2.45) is 0 Å². The molecule has 0 aliphatic rings. The van der Waals surface area contributed by atoms with Gasteiger partial charge >= 0.3 is 0 Å². The van der Waals surface area contributed by atoms with E-state index in [1.54, 1.807) is 30.3 Å². The van der Waals surface area contributed by atoms with Crippen LogP contribution in [0.5, 0.6) is 0 Å². The van der Waals surface area contributed by atoms with Crippen molar-refractivity contribution in [1.29, 1.82) is 5.26 Å². The third kappa shape index (κ3) is 3.08. The fourth-order valence-electron chi connectivity index (χ4n) is 1.49. The SMILES string of the molecule is CC.N#Cc1ccc(-c2ccc(F)cc2)cc1N. The van der Waals surface area contributed by atoms with E-state index < -0.39 is 0 Å². The van der Waals surface area contributed by atoms with E-state index in [0.29, 0.717) is 11.3 Å². The zero-order valence-electron chi connectivity index (χ0n) is 10.4. The van der Waals surface area contributed by atoms with Crippen molar-refractivity contribution in [1.82, 2.24) is 0 Å². The van der Waals surface area contributed by atoms with E-state index in [4.69, 9.17) is 11.0 Å². The van der Waals surface area contributed by atoms with Crippen LogP contribution in [0.1, 0.15) is 19.4 Å². The van der Waals surface area contributed by atoms with Gasteiger partial charge in [-0.15, -0.1) is 0 Å². The summed E-state index contributed by atoms with van der Waals surface area (Å²) in [5, 5.41) is 8.74. The Labute approximate surface area is 106 Å². The fraction of sp³-hybridized carbons (Fsp3) is 0.133. The van der Waals surface area contributed by atoms with Gasteiger partial charge in [0.2, 0.25) is 0 Å². The summed E-state index contributed by atoms with van der Waals surface area (Å²) in [6.07, 6.45) is 0. The van der Waals surface area contributed by atoms with E-state index in [1.807, 2.05) is 19.9 Å². The van der Waals surface area contributed by atoms with E-state index in [2.05, 4.69) is 0 Å². The molecule has 0 fully saturated rings. The van der Waals surface area contributed by atoms with Crippen LogP contribution in [0.2, 0.25) is 0 Å². The van der Waals surface area contributed by atoms with Gasteiger partial charge in [-0.3, -0.25) is 0 Å². The Morgan fingerprint density at radius 1 is 1.00 bits per heavy atom. The number of rotatable bonds is 1. The number of anilines is 1. The van der Waals surface area contributed by atoms with Crippen LogP contribution in [0, 0.1) is 17.1 Å². The van der Waals surface area contributed by atoms with Gasteiger partial charge in [0, 0.05) is 0 Å². The van der Waals surface area contributed by atoms with Gasteiger partial charge < -0.3 is 5.73 Å². The first kappa shape index (κ1) is 13.7. The van der Waals surface area contributed by atoms with Crippen LogP contribution in [-0.2, 0) is 0 Å². The molecule has 2 aromatic carbocycles. The molecular weight excluding hydrogens is 227 g/mol. The number of hydrogen-bond donors (Lipinski definition) is 1. The van der Waals surface area contributed by atoms with Crippen LogP contribution in [0.25, 0.3) is 11.1 Å². The summed E-state index contributed by atoms with van der Waals surface area (Å²) in [5.74, 6) is -0.273. The molecule has 2 rings (SSSR count). The second kappa shape index (κ2) is 6.41. The second-order valence-corrected chi connectivity index (χ2v) is 3.42. The lowest BCUT2D eigenvalue weighted by Crippen LogP contribution is -1.90. The maximum atomic E-state index is 12.7. The van der Waals surface area contributed by atoms with Crippen LogP contribution in [-0.4, -0.2) is 0 Å². The number of nitrogens with zero attached hydrogens (tertiary/aromatic N) is 1. The van der Waals surface area contributed by atoms with Gasteiger partial charge in [0.15, 0.2) is 0 Å². The smallest absolute Gasteiger partial charge is 0.123 e. The minimum Gasteiger partial charge on any atom is -0.398 e. The van der Waals surface area contributed by atoms with Crippen molar-refractivity contribution in [2.45, 2.75) is 13.8 Å². The van der Waals surface area contributed by atoms with Gasteiger partial charge in [0.25, 0.3) is 0 Å². The Bertz CT molecular complexity index is 554. The summed E-state index contributed by atoms with van der Waals surface area (Å²) < 4.78 is 12.7. The maximum Gasteiger partial charge on any atom is 0.123 e. The van der Waals surface area contributed by atoms with Gasteiger partial charge in [-0.05, 0) is 35.4 Å². The normalized spacial score (nSPS) is 9.00. The van der Waals surface area contributed by atoms with Crippen molar-refractivity contribution in [3.63, 3.8) is 0 Å². The molecule has 2 nitrogen and oxygen atoms in total. The van der Waals surface area contributed by atoms with Crippen LogP contribution in [0.3, 0.4) is 0 Å². The van der Waals surface area contributed by atoms with Crippen molar-refractivity contribution >= 4 is 5.69 Å². The minimum atomic E-state index is -0.273. The van der Waals surface area contributed by atoms with Gasteiger partial charge in [-0.25, -0.2) is 4.39 Å². The van der Waals surface area contributed by atoms with Crippen molar-refractivity contribution < 1.29 is 4.39 Å². The topological polar surface area (TPSA) is 49.8 Å². The molecule has 0 bridgehead atoms. The molecule has 0 saturated heterocycles. The van der Waals surface area contributed by atoms with Crippen LogP contribution in [0.15, 0.2) is 42.5 Å². The summed E-state index contributed by atoms with van der Waals surface area (Å²) >= 11 is 0. The molecule has 0 saturated carbocycles. The highest BCUT2D eigenvalue weighted by Crippen LogP contribution is 2.23. The Balaban J connectivity index is 0.000000771. The van der Waals surface area contributed by atoms with Crippen molar-refractivity contribution in [2.75, 3.05) is 5.73 Å². The summed E-state index contributed by atoms with van der Waals surface area (Å²) in [5.41, 5.74) is 8.33. The van der Waals surface area contributed by atoms with E-state index in [1.165, 1.54) is 12.1 Å². The van der Waals surface area contributed by atoms with Crippen LogP contribution >= 0.6 is 0 Å². The zero-order chi connectivity index (χ0) is 13.5. The molecule has 0 unspecified atom stereocenters. The Kier molecular flexibility index (Phi) is 4.89. The zero-order valence-corrected chi connectivity index (χ0v) is 10.4. The molecule has 18 heavy (non-hydrogen) atoms. The highest BCUT2D eigenvalue weighted by Gasteiger charge is 2.02. The third-order valence-electron chi connectivity index (χ3n) is 2.35. The highest BCUT2D eigenvalue weighted by atomic mass is 19.1. The Morgan fingerprint density at radius 2 is 1.56 bits per heavy atom. The monoisotopic (exact) mass is 242 g/mol. The Hall–Kier alpha value is -2.34. The average Bonchev–Trinajstić information content (AvgIpc) is 2.42. The largest absolute Gasteiger partial charge is 0.398 e. The highest BCUT2D eigenvalue weighted by molar-refractivity contribution is 5.70. The molecule has 0 spiro atoms. The van der Waals surface area contributed by atoms with Crippen LogP contribution in [0.4, 0.5) is 10.1 Å². The first-order valence-electron chi connectivity index (χ1n) is 5.76. The third-order valence-corrected chi connectivity index (χ3v) is 2.35. The molecule has 0 amide bonds. The standard InChI is InChI=1S/C13H9FN2.C2H6/c14-12-5-3-9(4-6-12)10-1-2-11(8-15)13(16)7-10;1-2/h1-7H,16H2;1-2H3. The molecular formula is C15H15FN2. The molecule has 2 aromatic rings. The number of benzene rings is 2. The number of nitrogen functional groups attached to an aromatic ring is 1. The van der Waals surface area contributed by atoms with Gasteiger partial charge in [0.1, 0.15) is 11.9 Å². The van der Waals surface area contributed by atoms with E-state index >= 15 is 0 Å². The average molecular weight is 242 g/mol. The molecule has 0 aromatic heterocycles. The molecule has 0 aliphatic carbocycles. The molecule has 0 aliphatic heterocycles. The number of halogens is 1. The fourth-order valence-corrected chi connectivity index (χ4v) is 1.49. The van der Waals surface area contributed by atoms with Crippen molar-refractivity contribution in [3.8, 4) is 17.2 Å². The van der Waals surface area contributed by atoms with Gasteiger partial charge in [-0.2, -0.15) is 5.26 Å². The number of nitrogens with two attached hydrogens (primary N) is 1. The first-order chi connectivity index (χ1) is 8.70. The van der Waals surface area contributed by atoms with Gasteiger partial charge in [0.05, 0.1) is 11.3 Å². The van der Waals surface area contributed by atoms with E-state index in [0.717, 1.165) is 11.1 Å². The molecule has 0 atom stereocenters. The quantitative estimate of drug-likeness (QED) is 0.769. The maximum absolute atomic E-state index is 12.7. The Morgan fingerprint density at radius 3 is 2.06 bits per heavy atom. The molecule has 92 valence electrons. The number of hydrogen-bond acceptors (Lipinski definition) is 2. The summed E-state index contributed by atoms with van der Waals surface area (Å²) in [7, 11) is 0. The number of nitriles is 1. The minimum absolute atomic E-state index is 0.273. The van der Waals surface area contributed by atoms with E-state index in [9.17, 15) is 4.39 Å².